The van der Waals surface area contributed by atoms with E-state index in [4.69, 9.17) is 14.0 Å². The van der Waals surface area contributed by atoms with Crippen LogP contribution in [0.2, 0.25) is 0 Å². The van der Waals surface area contributed by atoms with Crippen LogP contribution >= 0.6 is 0 Å². The average Bonchev–Trinajstić information content (AvgIpc) is 3.43. The van der Waals surface area contributed by atoms with Crippen molar-refractivity contribution in [3.63, 3.8) is 0 Å². The third-order valence-electron chi connectivity index (χ3n) is 12.5. The number of amides is 2. The molecule has 0 aromatic carbocycles. The minimum Gasteiger partial charge on any atom is -0.444 e. The average molecular weight is 541 g/mol. The van der Waals surface area contributed by atoms with E-state index in [-0.39, 0.29) is 41.5 Å². The summed E-state index contributed by atoms with van der Waals surface area (Å²) in [5.74, 6) is 3.20. The lowest BCUT2D eigenvalue weighted by molar-refractivity contribution is -0.199. The Hall–Kier alpha value is -1.28. The van der Waals surface area contributed by atoms with E-state index in [0.717, 1.165) is 38.5 Å². The van der Waals surface area contributed by atoms with Crippen molar-refractivity contribution >= 4 is 19.1 Å². The van der Waals surface area contributed by atoms with Crippen LogP contribution in [0.4, 0.5) is 4.79 Å². The van der Waals surface area contributed by atoms with Crippen LogP contribution in [0.3, 0.4) is 0 Å². The molecule has 9 aliphatic rings. The van der Waals surface area contributed by atoms with Gasteiger partial charge in [0.15, 0.2) is 0 Å². The first-order chi connectivity index (χ1) is 18.3. The fraction of sp³-hybridized carbons (Fsp3) is 0.935. The number of carbonyl (C=O) groups is 2. The number of hydrogen-bond acceptors (Lipinski definition) is 5. The third kappa shape index (κ3) is 4.12. The van der Waals surface area contributed by atoms with Gasteiger partial charge in [-0.15, -0.1) is 0 Å². The second kappa shape index (κ2) is 8.62. The van der Waals surface area contributed by atoms with Gasteiger partial charge in [-0.25, -0.2) is 4.79 Å². The van der Waals surface area contributed by atoms with Crippen LogP contribution in [0, 0.1) is 40.4 Å². The Morgan fingerprint density at radius 3 is 2.23 bits per heavy atom. The molecule has 9 fully saturated rings. The van der Waals surface area contributed by atoms with Crippen LogP contribution in [0.15, 0.2) is 0 Å². The number of nitrogens with zero attached hydrogens (tertiary/aromatic N) is 1. The molecule has 2 heterocycles. The van der Waals surface area contributed by atoms with Gasteiger partial charge in [-0.05, 0) is 127 Å². The number of carbonyl (C=O) groups excluding carboxylic acids is 2. The molecule has 7 nitrogen and oxygen atoms in total. The van der Waals surface area contributed by atoms with Crippen molar-refractivity contribution in [1.29, 1.82) is 0 Å². The summed E-state index contributed by atoms with van der Waals surface area (Å²) < 4.78 is 19.2. The van der Waals surface area contributed by atoms with E-state index in [2.05, 4.69) is 26.1 Å². The molecule has 0 aromatic heterocycles. The molecule has 216 valence electrons. The molecule has 8 heteroatoms. The first kappa shape index (κ1) is 26.6. The number of alkyl carbamates (subject to hydrolysis) is 1. The van der Waals surface area contributed by atoms with Gasteiger partial charge < -0.3 is 24.3 Å². The van der Waals surface area contributed by atoms with Crippen molar-refractivity contribution in [2.45, 2.75) is 135 Å². The summed E-state index contributed by atoms with van der Waals surface area (Å²) in [5.41, 5.74) is -0.774. The maximum atomic E-state index is 14.6. The van der Waals surface area contributed by atoms with Gasteiger partial charge >= 0.3 is 13.2 Å². The molecule has 2 unspecified atom stereocenters. The predicted octanol–water partition coefficient (Wildman–Crippen LogP) is 5.35. The normalized spacial score (nSPS) is 46.1. The molecule has 6 atom stereocenters. The van der Waals surface area contributed by atoms with Gasteiger partial charge in [-0.2, -0.15) is 0 Å². The zero-order valence-corrected chi connectivity index (χ0v) is 25.0. The second-order valence-corrected chi connectivity index (χ2v) is 16.4. The molecular formula is C31H49BN2O5. The van der Waals surface area contributed by atoms with Gasteiger partial charge in [0.25, 0.3) is 0 Å². The molecule has 7 saturated carbocycles. The van der Waals surface area contributed by atoms with E-state index < -0.39 is 17.7 Å². The van der Waals surface area contributed by atoms with Crippen LogP contribution in [0.25, 0.3) is 0 Å². The van der Waals surface area contributed by atoms with Crippen LogP contribution in [0.5, 0.6) is 0 Å². The Bertz CT molecular complexity index is 1010. The first-order valence-corrected chi connectivity index (χ1v) is 15.9. The number of hydrogen-bond donors (Lipinski definition) is 1. The van der Waals surface area contributed by atoms with Gasteiger partial charge in [0.2, 0.25) is 5.91 Å². The summed E-state index contributed by atoms with van der Waals surface area (Å²) >= 11 is 0. The van der Waals surface area contributed by atoms with Crippen LogP contribution in [-0.4, -0.2) is 59.9 Å². The van der Waals surface area contributed by atoms with Crippen molar-refractivity contribution in [3.8, 4) is 0 Å². The summed E-state index contributed by atoms with van der Waals surface area (Å²) in [7, 11) is -0.389. The topological polar surface area (TPSA) is 77.1 Å². The highest BCUT2D eigenvalue weighted by atomic mass is 16.7. The summed E-state index contributed by atoms with van der Waals surface area (Å²) in [4.78, 5) is 29.9. The fourth-order valence-corrected chi connectivity index (χ4v) is 11.0. The SMILES string of the molecule is CC(C)(C)OC(=O)N[C@H](C(=O)N1CCC[C@H]1B1O[C@@H]2CC3CC(C3(C)C)[C@]2(C)O1)C12CC3CC(CC(C3)C1)C2. The molecule has 2 saturated heterocycles. The summed E-state index contributed by atoms with van der Waals surface area (Å²) in [5, 5.41) is 3.17. The van der Waals surface area contributed by atoms with Gasteiger partial charge in [0, 0.05) is 12.0 Å². The molecule has 0 aromatic rings. The highest BCUT2D eigenvalue weighted by Gasteiger charge is 2.69. The van der Waals surface area contributed by atoms with Crippen LogP contribution in [0.1, 0.15) is 106 Å². The molecule has 7 aliphatic carbocycles. The van der Waals surface area contributed by atoms with E-state index in [1.807, 2.05) is 25.7 Å². The van der Waals surface area contributed by atoms with Crippen LogP contribution < -0.4 is 5.32 Å². The molecule has 0 radical (unpaired) electrons. The van der Waals surface area contributed by atoms with Gasteiger partial charge in [0.05, 0.1) is 17.6 Å². The molecule has 1 N–H and O–H groups in total. The van der Waals surface area contributed by atoms with E-state index in [1.54, 1.807) is 0 Å². The van der Waals surface area contributed by atoms with E-state index in [0.29, 0.717) is 36.1 Å². The Morgan fingerprint density at radius 2 is 1.64 bits per heavy atom. The van der Waals surface area contributed by atoms with Crippen molar-refractivity contribution in [1.82, 2.24) is 10.2 Å². The Labute approximate surface area is 235 Å². The smallest absolute Gasteiger partial charge is 0.444 e. The van der Waals surface area contributed by atoms with Gasteiger partial charge in [0.1, 0.15) is 11.6 Å². The first-order valence-electron chi connectivity index (χ1n) is 15.9. The third-order valence-corrected chi connectivity index (χ3v) is 12.5. The number of rotatable bonds is 4. The standard InChI is InChI=1S/C31H49BN2O5/c1-28(2,3)37-27(36)33-25(31-15-18-10-19(16-31)12-20(11-18)17-31)26(35)34-9-7-8-24(34)32-38-23-14-21-13-22(29(21,4)5)30(23,6)39-32/h18-25H,7-17H2,1-6H3,(H,33,36)/t18?,19?,20?,21?,22?,23-,24+,25-,30+,31?/m1/s1. The van der Waals surface area contributed by atoms with E-state index in [1.165, 1.54) is 25.7 Å². The minimum atomic E-state index is -0.610. The zero-order valence-electron chi connectivity index (χ0n) is 25.0. The number of nitrogens with one attached hydrogen (secondary N) is 1. The maximum Gasteiger partial charge on any atom is 0.481 e. The summed E-state index contributed by atoms with van der Waals surface area (Å²) in [6, 6.07) is -0.549. The number of ether oxygens (including phenoxy) is 1. The highest BCUT2D eigenvalue weighted by molar-refractivity contribution is 6.48. The van der Waals surface area contributed by atoms with Crippen molar-refractivity contribution in [2.75, 3.05) is 6.54 Å². The molecule has 6 bridgehead atoms. The lowest BCUT2D eigenvalue weighted by atomic mass is 9.43. The Balaban J connectivity index is 1.14. The molecule has 39 heavy (non-hydrogen) atoms. The van der Waals surface area contributed by atoms with Gasteiger partial charge in [-0.3, -0.25) is 4.79 Å². The molecule has 9 rings (SSSR count). The summed E-state index contributed by atoms with van der Waals surface area (Å²) in [6.45, 7) is 13.4. The largest absolute Gasteiger partial charge is 0.481 e. The van der Waals surface area contributed by atoms with Crippen molar-refractivity contribution < 1.29 is 23.6 Å². The minimum absolute atomic E-state index is 0.0576. The predicted molar refractivity (Wildman–Crippen MR) is 149 cm³/mol. The fourth-order valence-electron chi connectivity index (χ4n) is 11.0. The highest BCUT2D eigenvalue weighted by Crippen LogP contribution is 2.66. The lowest BCUT2D eigenvalue weighted by Gasteiger charge is -2.64. The Kier molecular flexibility index (Phi) is 5.88. The quantitative estimate of drug-likeness (QED) is 0.487. The zero-order chi connectivity index (χ0) is 27.5. The van der Waals surface area contributed by atoms with Gasteiger partial charge in [-0.1, -0.05) is 13.8 Å². The molecule has 2 amide bonds. The van der Waals surface area contributed by atoms with Crippen LogP contribution in [-0.2, 0) is 18.8 Å². The second-order valence-electron chi connectivity index (χ2n) is 16.4. The molecule has 0 spiro atoms. The van der Waals surface area contributed by atoms with E-state index in [9.17, 15) is 9.59 Å². The van der Waals surface area contributed by atoms with Crippen molar-refractivity contribution in [2.24, 2.45) is 40.4 Å². The maximum absolute atomic E-state index is 14.6. The Morgan fingerprint density at radius 1 is 1.00 bits per heavy atom. The van der Waals surface area contributed by atoms with Crippen molar-refractivity contribution in [3.05, 3.63) is 0 Å². The number of likely N-dealkylation sites (tertiary alicyclic amines) is 1. The molecule has 2 aliphatic heterocycles. The molecular weight excluding hydrogens is 491 g/mol. The lowest BCUT2D eigenvalue weighted by Crippen LogP contribution is -2.65. The monoisotopic (exact) mass is 540 g/mol. The summed E-state index contributed by atoms with van der Waals surface area (Å²) in [6.07, 6.45) is 10.7. The van der Waals surface area contributed by atoms with E-state index >= 15 is 0 Å².